The molecule has 1 unspecified atom stereocenters. The predicted molar refractivity (Wildman–Crippen MR) is 213 cm³/mol. The minimum absolute atomic E-state index is 0.0611. The summed E-state index contributed by atoms with van der Waals surface area (Å²) in [5.41, 5.74) is 3.36. The van der Waals surface area contributed by atoms with E-state index in [0.29, 0.717) is 54.7 Å². The van der Waals surface area contributed by atoms with Gasteiger partial charge in [-0.2, -0.15) is 9.97 Å². The number of aromatic nitrogens is 4. The van der Waals surface area contributed by atoms with Crippen molar-refractivity contribution < 1.29 is 33.0 Å². The van der Waals surface area contributed by atoms with Crippen molar-refractivity contribution in [1.29, 1.82) is 0 Å². The van der Waals surface area contributed by atoms with Gasteiger partial charge in [0.05, 0.1) is 23.3 Å². The number of benzene rings is 3. The normalized spacial score (nSPS) is 22.4. The molecule has 5 amide bonds. The van der Waals surface area contributed by atoms with E-state index in [1.807, 2.05) is 41.3 Å². The average Bonchev–Trinajstić information content (AvgIpc) is 3.98. The molecule has 2 saturated heterocycles. The van der Waals surface area contributed by atoms with E-state index in [9.17, 15) is 33.0 Å². The smallest absolute Gasteiger partial charge is 0.327 e. The number of carbonyl (C=O) groups is 3. The van der Waals surface area contributed by atoms with Crippen LogP contribution in [0.4, 0.5) is 27.0 Å². The Morgan fingerprint density at radius 1 is 0.931 bits per heavy atom. The minimum atomic E-state index is -3.88. The number of amides is 5. The maximum atomic E-state index is 13.0. The van der Waals surface area contributed by atoms with E-state index in [2.05, 4.69) is 40.2 Å². The molecule has 5 aromatic rings. The maximum absolute atomic E-state index is 13.0. The van der Waals surface area contributed by atoms with Crippen molar-refractivity contribution in [2.75, 3.05) is 48.8 Å². The summed E-state index contributed by atoms with van der Waals surface area (Å²) in [4.78, 5) is 57.4. The van der Waals surface area contributed by atoms with Gasteiger partial charge < -0.3 is 40.5 Å². The molecule has 5 atom stereocenters. The quantitative estimate of drug-likeness (QED) is 0.105. The molecule has 3 aromatic carbocycles. The number of hydrogen-bond donors (Lipinski definition) is 6. The van der Waals surface area contributed by atoms with Gasteiger partial charge in [0.1, 0.15) is 18.8 Å². The Morgan fingerprint density at radius 2 is 1.59 bits per heavy atom. The molecular weight excluding hydrogens is 767 g/mol. The summed E-state index contributed by atoms with van der Waals surface area (Å²) in [6.07, 6.45) is -0.592. The third-order valence-electron chi connectivity index (χ3n) is 11.0. The summed E-state index contributed by atoms with van der Waals surface area (Å²) in [5.74, 6) is 0.262. The van der Waals surface area contributed by atoms with Gasteiger partial charge >= 0.3 is 12.1 Å². The molecule has 3 aliphatic rings. The summed E-state index contributed by atoms with van der Waals surface area (Å²) in [5, 5.41) is 37.0. The van der Waals surface area contributed by atoms with Crippen LogP contribution in [0.15, 0.2) is 96.2 Å². The zero-order valence-electron chi connectivity index (χ0n) is 31.4. The molecule has 3 fully saturated rings. The third-order valence-corrected chi connectivity index (χ3v) is 11.9. The summed E-state index contributed by atoms with van der Waals surface area (Å²) in [6.45, 7) is 1.17. The van der Waals surface area contributed by atoms with Gasteiger partial charge in [-0.15, -0.1) is 0 Å². The van der Waals surface area contributed by atoms with Crippen LogP contribution >= 0.6 is 0 Å². The highest BCUT2D eigenvalue weighted by Gasteiger charge is 2.51. The Balaban J connectivity index is 1.08. The summed E-state index contributed by atoms with van der Waals surface area (Å²) >= 11 is 0. The van der Waals surface area contributed by atoms with E-state index >= 15 is 0 Å². The number of primary sulfonamides is 1. The standard InChI is InChI=1S/C39H43N11O7S/c1-47-21-31(51)50(39(47)55)30-18-29(33(52)34(30)53)49-22-42-32-35(41-19-28(23-8-4-2-5-9-23)24-10-6-3-7-11-24)45-37(46-36(32)49)48-17-16-26(20-48)44-38(54)43-25-12-14-27(15-13-25)58(40,56)57/h2-15,22,26,28-30,33-34,52-53H,16-21H2,1H3,(H2,40,56,57)(H,41,45,46)(H2,43,44,54)/t26?,29-,30+,33+,34-/m1/s1. The van der Waals surface area contributed by atoms with Crippen LogP contribution in [0.5, 0.6) is 0 Å². The van der Waals surface area contributed by atoms with Crippen LogP contribution in [-0.4, -0.2) is 123 Å². The molecule has 58 heavy (non-hydrogen) atoms. The monoisotopic (exact) mass is 809 g/mol. The van der Waals surface area contributed by atoms with Gasteiger partial charge in [0, 0.05) is 44.3 Å². The molecule has 18 nitrogen and oxygen atoms in total. The fourth-order valence-corrected chi connectivity index (χ4v) is 8.55. The highest BCUT2D eigenvalue weighted by Crippen LogP contribution is 2.38. The molecule has 1 aliphatic carbocycles. The van der Waals surface area contributed by atoms with Crippen molar-refractivity contribution in [3.05, 3.63) is 102 Å². The Hall–Kier alpha value is -6.15. The first-order valence-electron chi connectivity index (χ1n) is 18.8. The number of rotatable bonds is 11. The van der Waals surface area contributed by atoms with E-state index < -0.39 is 52.3 Å². The number of sulfonamides is 1. The van der Waals surface area contributed by atoms with Gasteiger partial charge in [0.25, 0.3) is 5.91 Å². The van der Waals surface area contributed by atoms with Crippen molar-refractivity contribution in [3.63, 3.8) is 0 Å². The lowest BCUT2D eigenvalue weighted by molar-refractivity contribution is -0.128. The molecule has 0 bridgehead atoms. The van der Waals surface area contributed by atoms with E-state index in [1.54, 1.807) is 4.57 Å². The number of fused-ring (bicyclic) bond motifs is 1. The Bertz CT molecular complexity index is 2400. The van der Waals surface area contributed by atoms with Crippen molar-refractivity contribution in [1.82, 2.24) is 34.6 Å². The van der Waals surface area contributed by atoms with Crippen LogP contribution in [0.25, 0.3) is 11.2 Å². The number of nitrogens with zero attached hydrogens (tertiary/aromatic N) is 7. The molecule has 2 aliphatic heterocycles. The number of hydrogen-bond acceptors (Lipinski definition) is 12. The van der Waals surface area contributed by atoms with Crippen LogP contribution in [0.1, 0.15) is 35.9 Å². The number of nitrogens with two attached hydrogens (primary N) is 1. The highest BCUT2D eigenvalue weighted by atomic mass is 32.2. The van der Waals surface area contributed by atoms with E-state index in [0.717, 1.165) is 16.0 Å². The fraction of sp³-hybridized carbons (Fsp3) is 0.333. The number of anilines is 3. The SMILES string of the molecule is CN1CC(=O)N([C@H]2C[C@@H](n3cnc4c(NCC(c5ccccc5)c5ccccc5)nc(N5CCC(NC(=O)Nc6ccc(S(N)(=O)=O)cc6)C5)nc43)[C@H](O)[C@@H]2O)C1=O. The zero-order chi connectivity index (χ0) is 40.7. The van der Waals surface area contributed by atoms with Gasteiger partial charge in [-0.25, -0.2) is 28.1 Å². The van der Waals surface area contributed by atoms with Gasteiger partial charge in [0.2, 0.25) is 16.0 Å². The van der Waals surface area contributed by atoms with Crippen molar-refractivity contribution in [2.45, 2.75) is 54.0 Å². The number of imide groups is 1. The second kappa shape index (κ2) is 15.7. The largest absolute Gasteiger partial charge is 0.388 e. The van der Waals surface area contributed by atoms with Gasteiger partial charge in [0.15, 0.2) is 17.0 Å². The number of urea groups is 2. The average molecular weight is 810 g/mol. The Kier molecular flexibility index (Phi) is 10.4. The lowest BCUT2D eigenvalue weighted by atomic mass is 9.91. The minimum Gasteiger partial charge on any atom is -0.388 e. The van der Waals surface area contributed by atoms with Gasteiger partial charge in [-0.3, -0.25) is 9.69 Å². The van der Waals surface area contributed by atoms with Gasteiger partial charge in [-0.05, 0) is 48.2 Å². The first kappa shape index (κ1) is 38.7. The molecule has 302 valence electrons. The van der Waals surface area contributed by atoms with Crippen LogP contribution in [0.3, 0.4) is 0 Å². The molecule has 8 rings (SSSR count). The summed E-state index contributed by atoms with van der Waals surface area (Å²) < 4.78 is 24.9. The molecule has 2 aromatic heterocycles. The Labute approximate surface area is 333 Å². The second-order valence-corrected chi connectivity index (χ2v) is 16.4. The molecule has 1 saturated carbocycles. The van der Waals surface area contributed by atoms with Crippen molar-refractivity contribution in [3.8, 4) is 0 Å². The number of imidazole rings is 1. The topological polar surface area (TPSA) is 241 Å². The van der Waals surface area contributed by atoms with Crippen LogP contribution in [0, 0.1) is 0 Å². The maximum Gasteiger partial charge on any atom is 0.327 e. The van der Waals surface area contributed by atoms with Crippen LogP contribution in [0.2, 0.25) is 0 Å². The molecule has 4 heterocycles. The molecule has 0 spiro atoms. The number of likely N-dealkylation sites (N-methyl/N-ethyl adjacent to an activating group) is 1. The lowest BCUT2D eigenvalue weighted by Gasteiger charge is -2.24. The third kappa shape index (κ3) is 7.63. The van der Waals surface area contributed by atoms with Gasteiger partial charge in [-0.1, -0.05) is 60.7 Å². The summed E-state index contributed by atoms with van der Waals surface area (Å²) in [7, 11) is -2.37. The number of nitrogens with one attached hydrogen (secondary N) is 3. The Morgan fingerprint density at radius 3 is 2.21 bits per heavy atom. The van der Waals surface area contributed by atoms with Crippen molar-refractivity contribution >= 4 is 56.6 Å². The molecule has 0 radical (unpaired) electrons. The first-order chi connectivity index (χ1) is 27.9. The molecule has 7 N–H and O–H groups in total. The van der Waals surface area contributed by atoms with E-state index in [-0.39, 0.29) is 29.8 Å². The highest BCUT2D eigenvalue weighted by molar-refractivity contribution is 7.89. The van der Waals surface area contributed by atoms with Crippen LogP contribution < -0.4 is 26.0 Å². The predicted octanol–water partition coefficient (Wildman–Crippen LogP) is 2.05. The first-order valence-corrected chi connectivity index (χ1v) is 20.4. The summed E-state index contributed by atoms with van der Waals surface area (Å²) in [6, 6.07) is 22.6. The van der Waals surface area contributed by atoms with Crippen LogP contribution in [-0.2, 0) is 14.8 Å². The van der Waals surface area contributed by atoms with Crippen molar-refractivity contribution in [2.24, 2.45) is 5.14 Å². The lowest BCUT2D eigenvalue weighted by Crippen LogP contribution is -2.47. The number of aliphatic hydroxyl groups excluding tert-OH is 2. The number of carbonyl (C=O) groups excluding carboxylic acids is 3. The van der Waals surface area contributed by atoms with E-state index in [1.165, 1.54) is 42.5 Å². The van der Waals surface area contributed by atoms with E-state index in [4.69, 9.17) is 20.1 Å². The molecular formula is C39H43N11O7S. The zero-order valence-corrected chi connectivity index (χ0v) is 32.2. The molecule has 19 heteroatoms. The second-order valence-electron chi connectivity index (χ2n) is 14.8. The fourth-order valence-electron chi connectivity index (χ4n) is 8.03. The number of aliphatic hydroxyl groups is 2.